The van der Waals surface area contributed by atoms with Gasteiger partial charge in [-0.1, -0.05) is 29.3 Å². The van der Waals surface area contributed by atoms with E-state index in [9.17, 15) is 0 Å². The molecule has 2 rings (SSSR count). The lowest BCUT2D eigenvalue weighted by molar-refractivity contribution is 1.33. The molecule has 0 aliphatic rings. The lowest BCUT2D eigenvalue weighted by Crippen LogP contribution is -1.82. The molecule has 0 amide bonds. The van der Waals surface area contributed by atoms with Crippen molar-refractivity contribution in [1.29, 1.82) is 0 Å². The highest BCUT2D eigenvalue weighted by Crippen LogP contribution is 2.27. The van der Waals surface area contributed by atoms with Crippen molar-refractivity contribution in [3.63, 3.8) is 0 Å². The standard InChI is InChI=1S/C12H10ClN/c1-9-4-5-12(13)11(7-9)10-3-2-6-14-8-10/h2-8H,1H3. The van der Waals surface area contributed by atoms with Crippen molar-refractivity contribution in [2.24, 2.45) is 0 Å². The molecule has 1 heterocycles. The smallest absolute Gasteiger partial charge is 0.0485 e. The Kier molecular flexibility index (Phi) is 2.51. The van der Waals surface area contributed by atoms with Crippen molar-refractivity contribution >= 4 is 11.6 Å². The minimum atomic E-state index is 0.767. The fraction of sp³-hybridized carbons (Fsp3) is 0.0833. The van der Waals surface area contributed by atoms with Crippen LogP contribution in [0.2, 0.25) is 5.02 Å². The lowest BCUT2D eigenvalue weighted by Gasteiger charge is -2.04. The zero-order chi connectivity index (χ0) is 9.97. The maximum absolute atomic E-state index is 6.10. The second-order valence-electron chi connectivity index (χ2n) is 3.23. The molecule has 0 saturated heterocycles. The van der Waals surface area contributed by atoms with Crippen LogP contribution >= 0.6 is 11.6 Å². The van der Waals surface area contributed by atoms with E-state index in [4.69, 9.17) is 11.6 Å². The summed E-state index contributed by atoms with van der Waals surface area (Å²) in [5.41, 5.74) is 3.30. The van der Waals surface area contributed by atoms with Crippen LogP contribution in [-0.4, -0.2) is 4.98 Å². The second kappa shape index (κ2) is 3.81. The normalized spacial score (nSPS) is 10.1. The zero-order valence-electron chi connectivity index (χ0n) is 7.87. The number of hydrogen-bond acceptors (Lipinski definition) is 1. The van der Waals surface area contributed by atoms with Gasteiger partial charge in [0.1, 0.15) is 0 Å². The van der Waals surface area contributed by atoms with Crippen molar-refractivity contribution in [2.75, 3.05) is 0 Å². The van der Waals surface area contributed by atoms with Crippen LogP contribution in [0.5, 0.6) is 0 Å². The Bertz CT molecular complexity index is 437. The lowest BCUT2D eigenvalue weighted by atomic mass is 10.1. The van der Waals surface area contributed by atoms with Gasteiger partial charge in [-0.2, -0.15) is 0 Å². The molecule has 0 saturated carbocycles. The van der Waals surface area contributed by atoms with Crippen molar-refractivity contribution in [3.8, 4) is 11.1 Å². The highest BCUT2D eigenvalue weighted by Gasteiger charge is 2.02. The van der Waals surface area contributed by atoms with Gasteiger partial charge in [-0.3, -0.25) is 4.98 Å². The summed E-state index contributed by atoms with van der Waals surface area (Å²) in [5.74, 6) is 0. The highest BCUT2D eigenvalue weighted by atomic mass is 35.5. The van der Waals surface area contributed by atoms with Gasteiger partial charge < -0.3 is 0 Å². The predicted octanol–water partition coefficient (Wildman–Crippen LogP) is 3.71. The summed E-state index contributed by atoms with van der Waals surface area (Å²) in [5, 5.41) is 0.767. The fourth-order valence-electron chi connectivity index (χ4n) is 1.38. The van der Waals surface area contributed by atoms with Crippen molar-refractivity contribution in [3.05, 3.63) is 53.3 Å². The van der Waals surface area contributed by atoms with Crippen molar-refractivity contribution in [1.82, 2.24) is 4.98 Å². The van der Waals surface area contributed by atoms with Gasteiger partial charge in [0.2, 0.25) is 0 Å². The maximum atomic E-state index is 6.10. The molecule has 0 N–H and O–H groups in total. The van der Waals surface area contributed by atoms with Crippen molar-refractivity contribution in [2.45, 2.75) is 6.92 Å². The molecular formula is C12H10ClN. The molecule has 0 atom stereocenters. The minimum absolute atomic E-state index is 0.767. The maximum Gasteiger partial charge on any atom is 0.0485 e. The summed E-state index contributed by atoms with van der Waals surface area (Å²) in [4.78, 5) is 4.07. The van der Waals surface area contributed by atoms with E-state index in [0.29, 0.717) is 0 Å². The van der Waals surface area contributed by atoms with E-state index < -0.39 is 0 Å². The number of nitrogens with zero attached hydrogens (tertiary/aromatic N) is 1. The van der Waals surface area contributed by atoms with Gasteiger partial charge in [-0.25, -0.2) is 0 Å². The number of aryl methyl sites for hydroxylation is 1. The summed E-state index contributed by atoms with van der Waals surface area (Å²) in [7, 11) is 0. The molecule has 1 nitrogen and oxygen atoms in total. The largest absolute Gasteiger partial charge is 0.264 e. The molecule has 0 aliphatic heterocycles. The Hall–Kier alpha value is -1.34. The molecule has 14 heavy (non-hydrogen) atoms. The first-order chi connectivity index (χ1) is 6.77. The van der Waals surface area contributed by atoms with Gasteiger partial charge in [0.15, 0.2) is 0 Å². The van der Waals surface area contributed by atoms with Gasteiger partial charge in [0, 0.05) is 28.5 Å². The molecule has 1 aromatic heterocycles. The van der Waals surface area contributed by atoms with Crippen LogP contribution in [0.4, 0.5) is 0 Å². The topological polar surface area (TPSA) is 12.9 Å². The Balaban J connectivity index is 2.57. The molecule has 0 spiro atoms. The summed E-state index contributed by atoms with van der Waals surface area (Å²) in [6.45, 7) is 2.05. The number of hydrogen-bond donors (Lipinski definition) is 0. The zero-order valence-corrected chi connectivity index (χ0v) is 8.62. The highest BCUT2D eigenvalue weighted by molar-refractivity contribution is 6.33. The summed E-state index contributed by atoms with van der Waals surface area (Å²) < 4.78 is 0. The van der Waals surface area contributed by atoms with E-state index in [1.807, 2.05) is 30.5 Å². The first kappa shape index (κ1) is 9.22. The van der Waals surface area contributed by atoms with Crippen LogP contribution in [0.1, 0.15) is 5.56 Å². The van der Waals surface area contributed by atoms with Crippen molar-refractivity contribution < 1.29 is 0 Å². The van der Waals surface area contributed by atoms with Crippen LogP contribution in [0.3, 0.4) is 0 Å². The summed E-state index contributed by atoms with van der Waals surface area (Å²) in [6, 6.07) is 9.91. The molecule has 0 fully saturated rings. The van der Waals surface area contributed by atoms with Crippen LogP contribution in [-0.2, 0) is 0 Å². The number of rotatable bonds is 1. The molecule has 0 bridgehead atoms. The van der Waals surface area contributed by atoms with Gasteiger partial charge >= 0.3 is 0 Å². The van der Waals surface area contributed by atoms with Crippen LogP contribution in [0, 0.1) is 6.92 Å². The molecule has 70 valence electrons. The molecular weight excluding hydrogens is 194 g/mol. The van der Waals surface area contributed by atoms with Crippen LogP contribution < -0.4 is 0 Å². The fourth-order valence-corrected chi connectivity index (χ4v) is 1.61. The molecule has 2 heteroatoms. The second-order valence-corrected chi connectivity index (χ2v) is 3.63. The SMILES string of the molecule is Cc1ccc(Cl)c(-c2cccnc2)c1. The van der Waals surface area contributed by atoms with Gasteiger partial charge in [0.25, 0.3) is 0 Å². The summed E-state index contributed by atoms with van der Waals surface area (Å²) >= 11 is 6.10. The van der Waals surface area contributed by atoms with E-state index in [1.54, 1.807) is 6.20 Å². The number of halogens is 1. The average molecular weight is 204 g/mol. The molecule has 0 aliphatic carbocycles. The minimum Gasteiger partial charge on any atom is -0.264 e. The Morgan fingerprint density at radius 3 is 2.79 bits per heavy atom. The molecule has 0 unspecified atom stereocenters. The van der Waals surface area contributed by atoms with E-state index in [0.717, 1.165) is 16.1 Å². The van der Waals surface area contributed by atoms with Gasteiger partial charge in [0.05, 0.1) is 0 Å². The van der Waals surface area contributed by atoms with Crippen LogP contribution in [0.15, 0.2) is 42.7 Å². The van der Waals surface area contributed by atoms with E-state index in [2.05, 4.69) is 18.0 Å². The Labute approximate surface area is 88.4 Å². The first-order valence-corrected chi connectivity index (χ1v) is 4.82. The number of pyridine rings is 1. The van der Waals surface area contributed by atoms with Crippen LogP contribution in [0.25, 0.3) is 11.1 Å². The monoisotopic (exact) mass is 203 g/mol. The quantitative estimate of drug-likeness (QED) is 0.689. The first-order valence-electron chi connectivity index (χ1n) is 4.44. The number of aromatic nitrogens is 1. The average Bonchev–Trinajstić information content (AvgIpc) is 2.23. The third-order valence-electron chi connectivity index (χ3n) is 2.09. The third-order valence-corrected chi connectivity index (χ3v) is 2.42. The molecule has 0 radical (unpaired) electrons. The van der Waals surface area contributed by atoms with E-state index >= 15 is 0 Å². The Morgan fingerprint density at radius 2 is 2.07 bits per heavy atom. The summed E-state index contributed by atoms with van der Waals surface area (Å²) in [6.07, 6.45) is 3.58. The molecule has 1 aromatic carbocycles. The van der Waals surface area contributed by atoms with Gasteiger partial charge in [-0.15, -0.1) is 0 Å². The third kappa shape index (κ3) is 1.78. The molecule has 2 aromatic rings. The van der Waals surface area contributed by atoms with E-state index in [-0.39, 0.29) is 0 Å². The number of benzene rings is 1. The predicted molar refractivity (Wildman–Crippen MR) is 59.4 cm³/mol. The van der Waals surface area contributed by atoms with E-state index in [1.165, 1.54) is 5.56 Å². The van der Waals surface area contributed by atoms with Gasteiger partial charge in [-0.05, 0) is 25.1 Å². The Morgan fingerprint density at radius 1 is 1.21 bits per heavy atom.